The number of unbranched alkanes of at least 4 members (excludes halogenated alkanes) is 9. The van der Waals surface area contributed by atoms with E-state index in [0.717, 1.165) is 13.0 Å². The second kappa shape index (κ2) is 21.8. The van der Waals surface area contributed by atoms with Gasteiger partial charge in [0.1, 0.15) is 0 Å². The molecule has 2 N–H and O–H groups in total. The van der Waals surface area contributed by atoms with E-state index in [2.05, 4.69) is 6.92 Å². The van der Waals surface area contributed by atoms with Crippen LogP contribution in [-0.4, -0.2) is 30.7 Å². The van der Waals surface area contributed by atoms with E-state index in [4.69, 9.17) is 27.3 Å². The summed E-state index contributed by atoms with van der Waals surface area (Å²) in [5.74, 6) is 0. The van der Waals surface area contributed by atoms with Crippen LogP contribution in [0.5, 0.6) is 0 Å². The fraction of sp³-hybridized carbons (Fsp3) is 1.00. The van der Waals surface area contributed by atoms with Gasteiger partial charge in [-0.2, -0.15) is 8.42 Å². The Balaban J connectivity index is -0.000000225. The van der Waals surface area contributed by atoms with Crippen LogP contribution >= 0.6 is 0 Å². The maximum atomic E-state index is 8.74. The number of hydrogen-bond donors (Lipinski definition) is 2. The molecule has 0 aliphatic heterocycles. The van der Waals surface area contributed by atoms with Gasteiger partial charge < -0.3 is 1.43 Å². The van der Waals surface area contributed by atoms with Crippen molar-refractivity contribution in [2.24, 2.45) is 0 Å². The van der Waals surface area contributed by atoms with Crippen molar-refractivity contribution in [3.63, 3.8) is 0 Å². The molecule has 0 aliphatic rings. The average Bonchev–Trinajstić information content (AvgIpc) is 2.38. The summed E-state index contributed by atoms with van der Waals surface area (Å²) >= 11 is 0. The second-order valence-electron chi connectivity index (χ2n) is 4.86. The minimum atomic E-state index is -4.67. The van der Waals surface area contributed by atoms with Crippen LogP contribution in [0.3, 0.4) is 0 Å². The molecule has 22 heavy (non-hydrogen) atoms. The normalized spacial score (nSPS) is 10.5. The zero-order valence-electron chi connectivity index (χ0n) is 15.4. The Morgan fingerprint density at radius 2 is 1.14 bits per heavy atom. The Bertz CT molecular complexity index is 269. The van der Waals surface area contributed by atoms with E-state index < -0.39 is 10.4 Å². The molecule has 8 heteroatoms. The van der Waals surface area contributed by atoms with Crippen LogP contribution in [0.4, 0.5) is 0 Å². The van der Waals surface area contributed by atoms with E-state index in [0.29, 0.717) is 6.61 Å². The first-order valence-electron chi connectivity index (χ1n) is 7.86. The van der Waals surface area contributed by atoms with Gasteiger partial charge in [-0.3, -0.25) is 9.11 Å². The molecule has 0 unspecified atom stereocenters. The monoisotopic (exact) mass is 352 g/mol. The Morgan fingerprint density at radius 3 is 1.50 bits per heavy atom. The van der Waals surface area contributed by atoms with Gasteiger partial charge in [0.25, 0.3) is 0 Å². The van der Waals surface area contributed by atoms with Gasteiger partial charge in [0, 0.05) is 0 Å². The van der Waals surface area contributed by atoms with Crippen molar-refractivity contribution in [2.45, 2.75) is 78.1 Å². The first-order chi connectivity index (χ1) is 9.91. The Hall–Kier alpha value is 0.790. The fourth-order valence-electron chi connectivity index (χ4n) is 1.79. The van der Waals surface area contributed by atoms with Crippen LogP contribution in [0.15, 0.2) is 0 Å². The van der Waals surface area contributed by atoms with Crippen molar-refractivity contribution in [1.82, 2.24) is 0 Å². The van der Waals surface area contributed by atoms with Gasteiger partial charge in [-0.15, -0.1) is 0 Å². The number of rotatable bonds is 13. The summed E-state index contributed by atoms with van der Waals surface area (Å²) in [6.45, 7) is 5.62. The molecular formula is C14H33NaO6S. The molecule has 0 bridgehead atoms. The molecule has 6 nitrogen and oxygen atoms in total. The first kappa shape index (κ1) is 27.6. The fourth-order valence-corrected chi connectivity index (χ4v) is 1.79. The summed E-state index contributed by atoms with van der Waals surface area (Å²) in [7, 11) is -4.67. The smallest absolute Gasteiger partial charge is 1.00 e. The predicted octanol–water partition coefficient (Wildman–Crippen LogP) is 1.34. The van der Waals surface area contributed by atoms with Gasteiger partial charge in [0.05, 0.1) is 13.2 Å². The van der Waals surface area contributed by atoms with Crippen molar-refractivity contribution in [3.8, 4) is 0 Å². The summed E-state index contributed by atoms with van der Waals surface area (Å²) in [5, 5.41) is 0. The van der Waals surface area contributed by atoms with Crippen molar-refractivity contribution < 1.29 is 58.3 Å². The van der Waals surface area contributed by atoms with Crippen LogP contribution in [0.25, 0.3) is 0 Å². The first-order valence-corrected chi connectivity index (χ1v) is 9.25. The molecule has 0 aromatic carbocycles. The third-order valence-corrected chi connectivity index (χ3v) is 2.78. The van der Waals surface area contributed by atoms with E-state index in [-0.39, 0.29) is 31.0 Å². The molecule has 132 valence electrons. The zero-order chi connectivity index (χ0) is 16.4. The van der Waals surface area contributed by atoms with Gasteiger partial charge in [-0.25, -0.2) is 9.78 Å². The minimum absolute atomic E-state index is 0. The molecule has 0 amide bonds. The molecule has 0 radical (unpaired) electrons. The standard InChI is InChI=1S/C14H30O2.Na.H2O4S.H/c1-3-5-6-7-8-9-10-11-12-13-14-16-15-4-2;;1-5(2,3)4;/h3-14H2,1-2H3;;(H2,1,2,3,4);/q;+1;;-1. The van der Waals surface area contributed by atoms with Crippen LogP contribution in [0, 0.1) is 0 Å². The molecule has 0 atom stereocenters. The third-order valence-electron chi connectivity index (χ3n) is 2.78. The van der Waals surface area contributed by atoms with Gasteiger partial charge in [0.2, 0.25) is 0 Å². The average molecular weight is 352 g/mol. The van der Waals surface area contributed by atoms with Crippen molar-refractivity contribution in [2.75, 3.05) is 13.2 Å². The van der Waals surface area contributed by atoms with Gasteiger partial charge in [0.15, 0.2) is 0 Å². The summed E-state index contributed by atoms with van der Waals surface area (Å²) < 4.78 is 31.6. The molecule has 0 saturated heterocycles. The van der Waals surface area contributed by atoms with E-state index in [1.807, 2.05) is 6.92 Å². The third kappa shape index (κ3) is 42.8. The molecule has 0 aliphatic carbocycles. The largest absolute Gasteiger partial charge is 1.00 e. The summed E-state index contributed by atoms with van der Waals surface area (Å²) in [6.07, 6.45) is 13.6. The molecule has 0 spiro atoms. The van der Waals surface area contributed by atoms with Crippen molar-refractivity contribution in [1.29, 1.82) is 0 Å². The van der Waals surface area contributed by atoms with Crippen LogP contribution in [-0.2, 0) is 20.2 Å². The molecule has 0 fully saturated rings. The second-order valence-corrected chi connectivity index (χ2v) is 5.75. The van der Waals surface area contributed by atoms with E-state index in [1.165, 1.54) is 57.8 Å². The van der Waals surface area contributed by atoms with Gasteiger partial charge in [-0.1, -0.05) is 64.7 Å². The zero-order valence-corrected chi connectivity index (χ0v) is 17.2. The molecule has 0 aromatic heterocycles. The van der Waals surface area contributed by atoms with Crippen LogP contribution in [0.2, 0.25) is 0 Å². The van der Waals surface area contributed by atoms with Gasteiger partial charge in [-0.05, 0) is 13.3 Å². The van der Waals surface area contributed by atoms with Crippen molar-refractivity contribution >= 4 is 10.4 Å². The topological polar surface area (TPSA) is 93.1 Å². The molecule has 0 rings (SSSR count). The molecule has 0 heterocycles. The summed E-state index contributed by atoms with van der Waals surface area (Å²) in [4.78, 5) is 9.77. The maximum Gasteiger partial charge on any atom is 1.00 e. The Morgan fingerprint density at radius 1 is 0.773 bits per heavy atom. The van der Waals surface area contributed by atoms with E-state index in [9.17, 15) is 0 Å². The Labute approximate surface area is 159 Å². The SMILES string of the molecule is CCCCCCCCCCCCOOCC.O=S(=O)(O)O.[H-].[Na+]. The van der Waals surface area contributed by atoms with E-state index in [1.54, 1.807) is 0 Å². The molecule has 0 aromatic rings. The summed E-state index contributed by atoms with van der Waals surface area (Å²) in [5.41, 5.74) is 0. The molecule has 0 saturated carbocycles. The quantitative estimate of drug-likeness (QED) is 0.171. The Kier molecular flexibility index (Phi) is 27.4. The summed E-state index contributed by atoms with van der Waals surface area (Å²) in [6, 6.07) is 0. The maximum absolute atomic E-state index is 8.74. The number of hydrogen-bond acceptors (Lipinski definition) is 4. The molecular weight excluding hydrogens is 319 g/mol. The minimum Gasteiger partial charge on any atom is -1.00 e. The van der Waals surface area contributed by atoms with E-state index >= 15 is 0 Å². The van der Waals surface area contributed by atoms with Crippen molar-refractivity contribution in [3.05, 3.63) is 0 Å². The predicted molar refractivity (Wildman–Crippen MR) is 84.7 cm³/mol. The van der Waals surface area contributed by atoms with Crippen LogP contribution < -0.4 is 29.6 Å². The van der Waals surface area contributed by atoms with Gasteiger partial charge >= 0.3 is 40.0 Å². The van der Waals surface area contributed by atoms with Crippen LogP contribution in [0.1, 0.15) is 79.5 Å².